The number of nitro groups is 1. The second-order valence-corrected chi connectivity index (χ2v) is 6.03. The highest BCUT2D eigenvalue weighted by atomic mass is 16.6. The average molecular weight is 349 g/mol. The highest BCUT2D eigenvalue weighted by Gasteiger charge is 2.09. The van der Waals surface area contributed by atoms with Crippen LogP contribution in [-0.4, -0.2) is 20.7 Å². The van der Waals surface area contributed by atoms with E-state index in [-0.39, 0.29) is 5.69 Å². The Balaban J connectivity index is 1.79. The van der Waals surface area contributed by atoms with Crippen molar-refractivity contribution in [2.24, 2.45) is 5.10 Å². The van der Waals surface area contributed by atoms with Crippen molar-refractivity contribution in [3.05, 3.63) is 81.3 Å². The molecule has 2 heterocycles. The second kappa shape index (κ2) is 7.18. The van der Waals surface area contributed by atoms with Crippen molar-refractivity contribution in [2.75, 3.05) is 5.43 Å². The number of hydrogen-bond acceptors (Lipinski definition) is 5. The molecule has 7 nitrogen and oxygen atoms in total. The van der Waals surface area contributed by atoms with Gasteiger partial charge in [0, 0.05) is 28.7 Å². The lowest BCUT2D eigenvalue weighted by Gasteiger charge is -2.10. The van der Waals surface area contributed by atoms with Gasteiger partial charge in [0.05, 0.1) is 11.1 Å². The Labute approximate surface area is 151 Å². The second-order valence-electron chi connectivity index (χ2n) is 6.03. The van der Waals surface area contributed by atoms with Crippen LogP contribution in [0.2, 0.25) is 0 Å². The molecule has 0 spiro atoms. The molecule has 132 valence electrons. The quantitative estimate of drug-likeness (QED) is 0.426. The number of nitrogens with one attached hydrogen (secondary N) is 1. The number of benzene rings is 1. The van der Waals surface area contributed by atoms with Gasteiger partial charge in [-0.15, -0.1) is 0 Å². The largest absolute Gasteiger partial charge is 0.318 e. The fourth-order valence-electron chi connectivity index (χ4n) is 2.81. The van der Waals surface area contributed by atoms with E-state index in [0.29, 0.717) is 5.82 Å². The van der Waals surface area contributed by atoms with Crippen LogP contribution >= 0.6 is 0 Å². The van der Waals surface area contributed by atoms with E-state index in [1.54, 1.807) is 6.21 Å². The molecule has 0 atom stereocenters. The van der Waals surface area contributed by atoms with Gasteiger partial charge in [0.15, 0.2) is 0 Å². The van der Waals surface area contributed by atoms with E-state index in [4.69, 9.17) is 0 Å². The van der Waals surface area contributed by atoms with Crippen LogP contribution in [0.3, 0.4) is 0 Å². The fraction of sp³-hybridized carbons (Fsp3) is 0.158. The molecule has 1 aromatic carbocycles. The van der Waals surface area contributed by atoms with E-state index in [2.05, 4.69) is 58.2 Å². The number of anilines is 1. The van der Waals surface area contributed by atoms with Crippen LogP contribution in [0.15, 0.2) is 53.8 Å². The van der Waals surface area contributed by atoms with Gasteiger partial charge in [0.2, 0.25) is 0 Å². The van der Waals surface area contributed by atoms with Gasteiger partial charge in [0.1, 0.15) is 12.0 Å². The lowest BCUT2D eigenvalue weighted by atomic mass is 10.2. The summed E-state index contributed by atoms with van der Waals surface area (Å²) in [7, 11) is 0. The Morgan fingerprint density at radius 1 is 1.19 bits per heavy atom. The molecule has 0 radical (unpaired) electrons. The SMILES string of the molecule is Cc1cccc(-n2c(C)cc(/C=N\Nc3ccc([N+](=O)[O-])cn3)c2C)c1. The van der Waals surface area contributed by atoms with E-state index in [1.807, 2.05) is 13.0 Å². The molecule has 0 aliphatic rings. The predicted octanol–water partition coefficient (Wildman–Crippen LogP) is 4.15. The first-order valence-corrected chi connectivity index (χ1v) is 8.11. The van der Waals surface area contributed by atoms with Crippen LogP contribution in [0.25, 0.3) is 5.69 Å². The zero-order valence-corrected chi connectivity index (χ0v) is 14.8. The van der Waals surface area contributed by atoms with E-state index in [1.165, 1.54) is 23.9 Å². The summed E-state index contributed by atoms with van der Waals surface area (Å²) in [4.78, 5) is 14.1. The van der Waals surface area contributed by atoms with Crippen molar-refractivity contribution in [2.45, 2.75) is 20.8 Å². The molecule has 0 unspecified atom stereocenters. The standard InChI is InChI=1S/C19H19N5O2/c1-13-5-4-6-17(9-13)23-14(2)10-16(15(23)3)11-21-22-19-8-7-18(12-20-19)24(25)26/h4-12H,1-3H3,(H,20,22)/b21-11-. The third kappa shape index (κ3) is 3.61. The Bertz CT molecular complexity index is 974. The molecule has 7 heteroatoms. The Morgan fingerprint density at radius 3 is 2.65 bits per heavy atom. The normalized spacial score (nSPS) is 11.0. The van der Waals surface area contributed by atoms with Crippen LogP contribution in [-0.2, 0) is 0 Å². The number of hydrazone groups is 1. The fourth-order valence-corrected chi connectivity index (χ4v) is 2.81. The van der Waals surface area contributed by atoms with Gasteiger partial charge in [-0.25, -0.2) is 4.98 Å². The summed E-state index contributed by atoms with van der Waals surface area (Å²) in [6.07, 6.45) is 2.92. The molecule has 0 saturated heterocycles. The van der Waals surface area contributed by atoms with Gasteiger partial charge in [0.25, 0.3) is 5.69 Å². The van der Waals surface area contributed by atoms with Crippen LogP contribution in [0.4, 0.5) is 11.5 Å². The zero-order valence-electron chi connectivity index (χ0n) is 14.8. The summed E-state index contributed by atoms with van der Waals surface area (Å²) < 4.78 is 2.18. The Kier molecular flexibility index (Phi) is 4.79. The minimum Gasteiger partial charge on any atom is -0.318 e. The number of nitrogens with zero attached hydrogens (tertiary/aromatic N) is 4. The number of aryl methyl sites for hydroxylation is 2. The first-order valence-electron chi connectivity index (χ1n) is 8.11. The van der Waals surface area contributed by atoms with Gasteiger partial charge in [-0.1, -0.05) is 12.1 Å². The summed E-state index contributed by atoms with van der Waals surface area (Å²) in [5, 5.41) is 14.8. The maximum absolute atomic E-state index is 10.6. The molecule has 0 aliphatic carbocycles. The number of rotatable bonds is 5. The minimum atomic E-state index is -0.486. The number of pyridine rings is 1. The summed E-state index contributed by atoms with van der Waals surface area (Å²) in [5.74, 6) is 0.444. The van der Waals surface area contributed by atoms with Crippen LogP contribution < -0.4 is 5.43 Å². The van der Waals surface area contributed by atoms with Crippen molar-refractivity contribution in [3.8, 4) is 5.69 Å². The molecular formula is C19H19N5O2. The molecule has 0 saturated carbocycles. The van der Waals surface area contributed by atoms with Crippen molar-refractivity contribution in [1.29, 1.82) is 0 Å². The van der Waals surface area contributed by atoms with Gasteiger partial charge in [-0.2, -0.15) is 5.10 Å². The highest BCUT2D eigenvalue weighted by Crippen LogP contribution is 2.20. The molecule has 0 amide bonds. The maximum Gasteiger partial charge on any atom is 0.287 e. The molecule has 3 aromatic rings. The zero-order chi connectivity index (χ0) is 18.7. The monoisotopic (exact) mass is 349 g/mol. The molecule has 0 fully saturated rings. The van der Waals surface area contributed by atoms with Crippen LogP contribution in [0.1, 0.15) is 22.5 Å². The Hall–Kier alpha value is -3.48. The summed E-state index contributed by atoms with van der Waals surface area (Å²) in [6.45, 7) is 6.17. The molecular weight excluding hydrogens is 330 g/mol. The van der Waals surface area contributed by atoms with E-state index >= 15 is 0 Å². The topological polar surface area (TPSA) is 85.3 Å². The smallest absolute Gasteiger partial charge is 0.287 e. The van der Waals surface area contributed by atoms with Gasteiger partial charge in [-0.05, 0) is 50.6 Å². The predicted molar refractivity (Wildman–Crippen MR) is 102 cm³/mol. The van der Waals surface area contributed by atoms with Crippen LogP contribution in [0, 0.1) is 30.9 Å². The summed E-state index contributed by atoms with van der Waals surface area (Å²) in [6, 6.07) is 13.3. The summed E-state index contributed by atoms with van der Waals surface area (Å²) >= 11 is 0. The Morgan fingerprint density at radius 2 is 2.00 bits per heavy atom. The van der Waals surface area contributed by atoms with Gasteiger partial charge in [-0.3, -0.25) is 15.5 Å². The molecule has 26 heavy (non-hydrogen) atoms. The van der Waals surface area contributed by atoms with E-state index in [9.17, 15) is 10.1 Å². The molecule has 1 N–H and O–H groups in total. The maximum atomic E-state index is 10.6. The molecule has 0 bridgehead atoms. The van der Waals surface area contributed by atoms with E-state index in [0.717, 1.165) is 22.6 Å². The molecule has 0 aliphatic heterocycles. The first-order chi connectivity index (χ1) is 12.5. The van der Waals surface area contributed by atoms with Crippen molar-refractivity contribution in [3.63, 3.8) is 0 Å². The number of aromatic nitrogens is 2. The lowest BCUT2D eigenvalue weighted by Crippen LogP contribution is -2.00. The molecule has 2 aromatic heterocycles. The van der Waals surface area contributed by atoms with E-state index < -0.39 is 4.92 Å². The average Bonchev–Trinajstić information content (AvgIpc) is 2.89. The van der Waals surface area contributed by atoms with Crippen molar-refractivity contribution in [1.82, 2.24) is 9.55 Å². The first kappa shape index (κ1) is 17.3. The summed E-state index contributed by atoms with van der Waals surface area (Å²) in [5.41, 5.74) is 8.23. The van der Waals surface area contributed by atoms with Crippen molar-refractivity contribution < 1.29 is 4.92 Å². The molecule has 3 rings (SSSR count). The third-order valence-electron chi connectivity index (χ3n) is 4.07. The number of hydrogen-bond donors (Lipinski definition) is 1. The lowest BCUT2D eigenvalue weighted by molar-refractivity contribution is -0.385. The van der Waals surface area contributed by atoms with Gasteiger partial charge >= 0.3 is 0 Å². The third-order valence-corrected chi connectivity index (χ3v) is 4.07. The van der Waals surface area contributed by atoms with Crippen LogP contribution in [0.5, 0.6) is 0 Å². The van der Waals surface area contributed by atoms with Crippen molar-refractivity contribution >= 4 is 17.7 Å². The minimum absolute atomic E-state index is 0.0544. The highest BCUT2D eigenvalue weighted by molar-refractivity contribution is 5.82. The van der Waals surface area contributed by atoms with Gasteiger partial charge < -0.3 is 4.57 Å².